The summed E-state index contributed by atoms with van der Waals surface area (Å²) in [6.45, 7) is 9.51. The molecule has 0 saturated heterocycles. The summed E-state index contributed by atoms with van der Waals surface area (Å²) < 4.78 is 10.7. The maximum absolute atomic E-state index is 12.9. The number of amides is 1. The van der Waals surface area contributed by atoms with Crippen molar-refractivity contribution in [2.24, 2.45) is 0 Å². The topological polar surface area (TPSA) is 84.5 Å². The van der Waals surface area contributed by atoms with E-state index in [1.807, 2.05) is 58.0 Å². The molecule has 1 aromatic carbocycles. The van der Waals surface area contributed by atoms with Crippen LogP contribution in [0.1, 0.15) is 51.5 Å². The van der Waals surface area contributed by atoms with Crippen molar-refractivity contribution in [2.45, 2.75) is 58.7 Å². The minimum absolute atomic E-state index is 0.0689. The number of carbonyl (C=O) groups is 2. The molecule has 1 aliphatic rings. The number of nitrogens with one attached hydrogen (secondary N) is 1. The van der Waals surface area contributed by atoms with Crippen LogP contribution in [0.2, 0.25) is 0 Å². The number of benzene rings is 1. The van der Waals surface area contributed by atoms with Crippen molar-refractivity contribution < 1.29 is 19.1 Å². The first-order valence-corrected chi connectivity index (χ1v) is 9.49. The summed E-state index contributed by atoms with van der Waals surface area (Å²) in [4.78, 5) is 34.4. The lowest BCUT2D eigenvalue weighted by atomic mass is 10.2. The Hall–Kier alpha value is -2.83. The number of hydrogen-bond donors (Lipinski definition) is 1. The summed E-state index contributed by atoms with van der Waals surface area (Å²) >= 11 is 0. The van der Waals surface area contributed by atoms with Gasteiger partial charge in [0, 0.05) is 0 Å². The Labute approximate surface area is 164 Å². The Kier molecular flexibility index (Phi) is 5.45. The van der Waals surface area contributed by atoms with Crippen LogP contribution in [0.3, 0.4) is 0 Å². The molecule has 0 fully saturated rings. The first kappa shape index (κ1) is 19.9. The van der Waals surface area contributed by atoms with Gasteiger partial charge in [0.1, 0.15) is 17.5 Å². The number of fused-ring (bicyclic) bond motifs is 1. The molecule has 1 amide bonds. The molecule has 1 aliphatic heterocycles. The van der Waals surface area contributed by atoms with Crippen LogP contribution in [0.15, 0.2) is 30.4 Å². The minimum atomic E-state index is -0.649. The molecule has 3 rings (SSSR count). The number of rotatable bonds is 4. The molecular weight excluding hydrogens is 358 g/mol. The van der Waals surface area contributed by atoms with Gasteiger partial charge in [0.25, 0.3) is 0 Å². The van der Waals surface area contributed by atoms with Crippen molar-refractivity contribution in [1.82, 2.24) is 14.9 Å². The van der Waals surface area contributed by atoms with Gasteiger partial charge in [0.2, 0.25) is 0 Å². The smallest absolute Gasteiger partial charge is 0.411 e. The third-order valence-corrected chi connectivity index (χ3v) is 4.39. The van der Waals surface area contributed by atoms with Crippen LogP contribution >= 0.6 is 0 Å². The molecule has 150 valence electrons. The van der Waals surface area contributed by atoms with Gasteiger partial charge in [0.05, 0.1) is 30.1 Å². The molecule has 0 aliphatic carbocycles. The molecule has 2 atom stereocenters. The van der Waals surface area contributed by atoms with Crippen molar-refractivity contribution in [3.63, 3.8) is 0 Å². The summed E-state index contributed by atoms with van der Waals surface area (Å²) in [5.41, 5.74) is 2.20. The van der Waals surface area contributed by atoms with Crippen LogP contribution in [0.4, 0.5) is 4.79 Å². The van der Waals surface area contributed by atoms with Crippen LogP contribution in [0, 0.1) is 6.92 Å². The number of aryl methyl sites for hydroxylation is 1. The van der Waals surface area contributed by atoms with Crippen LogP contribution in [0.25, 0.3) is 11.0 Å². The summed E-state index contributed by atoms with van der Waals surface area (Å²) in [6.07, 6.45) is 3.29. The van der Waals surface area contributed by atoms with Gasteiger partial charge in [0.15, 0.2) is 0 Å². The third-order valence-electron chi connectivity index (χ3n) is 4.39. The van der Waals surface area contributed by atoms with E-state index in [9.17, 15) is 9.59 Å². The van der Waals surface area contributed by atoms with Crippen molar-refractivity contribution in [1.29, 1.82) is 0 Å². The van der Waals surface area contributed by atoms with Gasteiger partial charge in [-0.25, -0.2) is 9.78 Å². The number of imidazole rings is 1. The lowest BCUT2D eigenvalue weighted by molar-refractivity contribution is -0.144. The normalized spacial score (nSPS) is 19.2. The van der Waals surface area contributed by atoms with Gasteiger partial charge < -0.3 is 14.5 Å². The van der Waals surface area contributed by atoms with Crippen molar-refractivity contribution in [3.8, 4) is 0 Å². The molecule has 28 heavy (non-hydrogen) atoms. The molecule has 0 saturated carbocycles. The highest BCUT2D eigenvalue weighted by atomic mass is 16.6. The second kappa shape index (κ2) is 7.66. The van der Waals surface area contributed by atoms with E-state index in [2.05, 4.69) is 9.97 Å². The molecule has 0 bridgehead atoms. The lowest BCUT2D eigenvalue weighted by Crippen LogP contribution is -2.42. The van der Waals surface area contributed by atoms with E-state index < -0.39 is 23.8 Å². The zero-order valence-corrected chi connectivity index (χ0v) is 17.0. The van der Waals surface area contributed by atoms with Crippen LogP contribution in [-0.2, 0) is 14.3 Å². The number of H-pyrrole nitrogens is 1. The van der Waals surface area contributed by atoms with E-state index in [0.717, 1.165) is 16.6 Å². The fourth-order valence-electron chi connectivity index (χ4n) is 3.25. The van der Waals surface area contributed by atoms with E-state index in [4.69, 9.17) is 9.47 Å². The average molecular weight is 385 g/mol. The SMILES string of the molecule is CCOC(=O)C[C@@H]1C=C[C@H](c2nc3ccc(C)cc3[nH]2)N1C(=O)OC(C)(C)C. The Bertz CT molecular complexity index is 910. The predicted octanol–water partition coefficient (Wildman–Crippen LogP) is 4.04. The number of carbonyl (C=O) groups excluding carboxylic acids is 2. The predicted molar refractivity (Wildman–Crippen MR) is 106 cm³/mol. The highest BCUT2D eigenvalue weighted by molar-refractivity contribution is 5.77. The number of aromatic nitrogens is 2. The van der Waals surface area contributed by atoms with Crippen LogP contribution < -0.4 is 0 Å². The fraction of sp³-hybridized carbons (Fsp3) is 0.476. The summed E-state index contributed by atoms with van der Waals surface area (Å²) in [6, 6.07) is 5.05. The Morgan fingerprint density at radius 1 is 1.25 bits per heavy atom. The van der Waals surface area contributed by atoms with Gasteiger partial charge in [-0.05, 0) is 52.3 Å². The van der Waals surface area contributed by atoms with Gasteiger partial charge in [-0.1, -0.05) is 18.2 Å². The van der Waals surface area contributed by atoms with Crippen molar-refractivity contribution in [2.75, 3.05) is 6.61 Å². The van der Waals surface area contributed by atoms with Crippen molar-refractivity contribution >= 4 is 23.1 Å². The highest BCUT2D eigenvalue weighted by Crippen LogP contribution is 2.33. The first-order chi connectivity index (χ1) is 13.2. The van der Waals surface area contributed by atoms with E-state index in [1.165, 1.54) is 0 Å². The van der Waals surface area contributed by atoms with Gasteiger partial charge in [-0.3, -0.25) is 9.69 Å². The molecule has 1 N–H and O–H groups in total. The monoisotopic (exact) mass is 385 g/mol. The van der Waals surface area contributed by atoms with Crippen LogP contribution in [0.5, 0.6) is 0 Å². The third kappa shape index (κ3) is 4.35. The molecule has 0 unspecified atom stereocenters. The van der Waals surface area contributed by atoms with Gasteiger partial charge >= 0.3 is 12.1 Å². The number of nitrogens with zero attached hydrogens (tertiary/aromatic N) is 2. The number of aromatic amines is 1. The van der Waals surface area contributed by atoms with Crippen LogP contribution in [-0.4, -0.2) is 45.2 Å². The number of ether oxygens (including phenoxy) is 2. The first-order valence-electron chi connectivity index (χ1n) is 9.49. The Balaban J connectivity index is 1.91. The van der Waals surface area contributed by atoms with Crippen molar-refractivity contribution in [3.05, 3.63) is 41.7 Å². The number of hydrogen-bond acceptors (Lipinski definition) is 5. The quantitative estimate of drug-likeness (QED) is 0.634. The largest absolute Gasteiger partial charge is 0.466 e. The van der Waals surface area contributed by atoms with Gasteiger partial charge in [-0.2, -0.15) is 0 Å². The molecule has 7 heteroatoms. The zero-order chi connectivity index (χ0) is 20.5. The van der Waals surface area contributed by atoms with E-state index >= 15 is 0 Å². The standard InChI is InChI=1S/C21H27N3O4/c1-6-27-18(25)12-14-8-10-17(24(14)20(26)28-21(3,4)5)19-22-15-9-7-13(2)11-16(15)23-19/h7-11,14,17H,6,12H2,1-5H3,(H,22,23)/t14-,17+/m0/s1. The molecular formula is C21H27N3O4. The second-order valence-corrected chi connectivity index (χ2v) is 7.94. The Morgan fingerprint density at radius 3 is 2.68 bits per heavy atom. The van der Waals surface area contributed by atoms with E-state index in [-0.39, 0.29) is 12.4 Å². The van der Waals surface area contributed by atoms with Gasteiger partial charge in [-0.15, -0.1) is 0 Å². The van der Waals surface area contributed by atoms with E-state index in [1.54, 1.807) is 11.8 Å². The zero-order valence-electron chi connectivity index (χ0n) is 17.0. The summed E-state index contributed by atoms with van der Waals surface area (Å²) in [5, 5.41) is 0. The molecule has 0 spiro atoms. The minimum Gasteiger partial charge on any atom is -0.466 e. The second-order valence-electron chi connectivity index (χ2n) is 7.94. The maximum atomic E-state index is 12.9. The molecule has 2 heterocycles. The fourth-order valence-corrected chi connectivity index (χ4v) is 3.25. The average Bonchev–Trinajstić information content (AvgIpc) is 3.16. The molecule has 0 radical (unpaired) electrons. The summed E-state index contributed by atoms with van der Waals surface area (Å²) in [7, 11) is 0. The highest BCUT2D eigenvalue weighted by Gasteiger charge is 2.39. The molecule has 1 aromatic heterocycles. The molecule has 2 aromatic rings. The molecule has 7 nitrogen and oxygen atoms in total. The maximum Gasteiger partial charge on any atom is 0.411 e. The lowest BCUT2D eigenvalue weighted by Gasteiger charge is -2.31. The summed E-state index contributed by atoms with van der Waals surface area (Å²) in [5.74, 6) is 0.278. The Morgan fingerprint density at radius 2 is 2.00 bits per heavy atom. The number of esters is 1. The van der Waals surface area contributed by atoms with E-state index in [0.29, 0.717) is 12.4 Å².